The Morgan fingerprint density at radius 1 is 0.800 bits per heavy atom. The molecule has 0 aliphatic rings. The number of rotatable bonds is 9. The molecule has 0 fully saturated rings. The second-order valence-electron chi connectivity index (χ2n) is 7.56. The van der Waals surface area contributed by atoms with Crippen LogP contribution in [0.2, 0.25) is 0 Å². The zero-order valence-corrected chi connectivity index (χ0v) is 17.5. The van der Waals surface area contributed by atoms with E-state index < -0.39 is 0 Å². The van der Waals surface area contributed by atoms with Gasteiger partial charge in [-0.15, -0.1) is 0 Å². The minimum Gasteiger partial charge on any atom is -0.493 e. The lowest BCUT2D eigenvalue weighted by Crippen LogP contribution is -2.05. The Balaban J connectivity index is 1.39. The molecule has 3 heteroatoms. The average molecular weight is 397 g/mol. The Bertz CT molecular complexity index is 1040. The van der Waals surface area contributed by atoms with Crippen LogP contribution in [0.1, 0.15) is 30.0 Å². The first-order valence-corrected chi connectivity index (χ1v) is 10.7. The summed E-state index contributed by atoms with van der Waals surface area (Å²) in [6, 6.07) is 27.8. The third-order valence-corrected chi connectivity index (χ3v) is 5.26. The van der Waals surface area contributed by atoms with Crippen molar-refractivity contribution in [3.05, 3.63) is 108 Å². The third kappa shape index (κ3) is 5.18. The largest absolute Gasteiger partial charge is 0.493 e. The molecule has 0 saturated heterocycles. The molecule has 0 amide bonds. The normalized spacial score (nSPS) is 10.8. The average Bonchev–Trinajstić information content (AvgIpc) is 3.30. The highest BCUT2D eigenvalue weighted by atomic mass is 16.5. The van der Waals surface area contributed by atoms with E-state index in [1.54, 1.807) is 0 Å². The zero-order valence-electron chi connectivity index (χ0n) is 17.5. The Hall–Kier alpha value is -3.33. The Labute approximate surface area is 179 Å². The van der Waals surface area contributed by atoms with E-state index in [-0.39, 0.29) is 0 Å². The summed E-state index contributed by atoms with van der Waals surface area (Å²) in [7, 11) is 0. The molecule has 3 nitrogen and oxygen atoms in total. The van der Waals surface area contributed by atoms with Gasteiger partial charge in [0.25, 0.3) is 0 Å². The summed E-state index contributed by atoms with van der Waals surface area (Å²) in [5.41, 5.74) is 6.27. The minimum atomic E-state index is 0.673. The molecule has 1 heterocycles. The highest BCUT2D eigenvalue weighted by Gasteiger charge is 2.07. The van der Waals surface area contributed by atoms with Crippen LogP contribution in [-0.4, -0.2) is 16.4 Å². The molecule has 0 saturated carbocycles. The Kier molecular flexibility index (Phi) is 6.61. The van der Waals surface area contributed by atoms with Crippen LogP contribution in [0.4, 0.5) is 0 Å². The molecule has 30 heavy (non-hydrogen) atoms. The fraction of sp³-hybridized carbons (Fsp3) is 0.222. The molecular formula is C27H28N2O. The van der Waals surface area contributed by atoms with Crippen molar-refractivity contribution in [3.63, 3.8) is 0 Å². The van der Waals surface area contributed by atoms with Crippen LogP contribution >= 0.6 is 0 Å². The molecule has 0 aliphatic carbocycles. The summed E-state index contributed by atoms with van der Waals surface area (Å²) in [4.78, 5) is 0. The Morgan fingerprint density at radius 3 is 2.30 bits per heavy atom. The molecule has 3 aromatic carbocycles. The van der Waals surface area contributed by atoms with Crippen LogP contribution in [0.3, 0.4) is 0 Å². The summed E-state index contributed by atoms with van der Waals surface area (Å²) < 4.78 is 8.18. The van der Waals surface area contributed by atoms with Crippen molar-refractivity contribution in [1.82, 2.24) is 9.78 Å². The van der Waals surface area contributed by atoms with E-state index >= 15 is 0 Å². The fourth-order valence-corrected chi connectivity index (χ4v) is 3.66. The maximum absolute atomic E-state index is 6.24. The summed E-state index contributed by atoms with van der Waals surface area (Å²) in [5.74, 6) is 1.00. The molecule has 0 N–H and O–H groups in total. The second-order valence-corrected chi connectivity index (χ2v) is 7.56. The molecule has 4 aromatic rings. The van der Waals surface area contributed by atoms with Crippen LogP contribution in [0.25, 0.3) is 11.1 Å². The van der Waals surface area contributed by atoms with Crippen molar-refractivity contribution in [2.45, 2.75) is 32.7 Å². The van der Waals surface area contributed by atoms with Crippen molar-refractivity contribution in [1.29, 1.82) is 0 Å². The fourth-order valence-electron chi connectivity index (χ4n) is 3.66. The lowest BCUT2D eigenvalue weighted by molar-refractivity contribution is 0.318. The van der Waals surface area contributed by atoms with E-state index in [0.717, 1.165) is 31.6 Å². The number of aromatic nitrogens is 2. The quantitative estimate of drug-likeness (QED) is 0.338. The molecule has 0 aliphatic heterocycles. The monoisotopic (exact) mass is 396 g/mol. The number of benzene rings is 3. The van der Waals surface area contributed by atoms with Gasteiger partial charge in [-0.25, -0.2) is 0 Å². The number of aryl methyl sites for hydroxylation is 1. The van der Waals surface area contributed by atoms with Gasteiger partial charge in [0.2, 0.25) is 0 Å². The Morgan fingerprint density at radius 2 is 1.57 bits per heavy atom. The number of hydrogen-bond acceptors (Lipinski definition) is 2. The predicted octanol–water partition coefficient (Wildman–Crippen LogP) is 6.17. The number of hydrogen-bond donors (Lipinski definition) is 0. The van der Waals surface area contributed by atoms with Gasteiger partial charge in [-0.05, 0) is 46.4 Å². The highest BCUT2D eigenvalue weighted by molar-refractivity contribution is 5.63. The molecule has 0 radical (unpaired) electrons. The van der Waals surface area contributed by atoms with Crippen LogP contribution < -0.4 is 4.74 Å². The smallest absolute Gasteiger partial charge is 0.122 e. The third-order valence-electron chi connectivity index (χ3n) is 5.26. The number of nitrogens with zero attached hydrogens (tertiary/aromatic N) is 2. The first-order chi connectivity index (χ1) is 14.8. The summed E-state index contributed by atoms with van der Waals surface area (Å²) in [6.45, 7) is 3.64. The molecule has 1 aromatic heterocycles. The van der Waals surface area contributed by atoms with Crippen molar-refractivity contribution in [3.8, 4) is 16.9 Å². The van der Waals surface area contributed by atoms with E-state index in [0.29, 0.717) is 6.61 Å². The van der Waals surface area contributed by atoms with Gasteiger partial charge in [0.05, 0.1) is 13.2 Å². The molecule has 0 bridgehead atoms. The van der Waals surface area contributed by atoms with E-state index in [4.69, 9.17) is 4.74 Å². The summed E-state index contributed by atoms with van der Waals surface area (Å²) in [5, 5.41) is 4.31. The highest BCUT2D eigenvalue weighted by Crippen LogP contribution is 2.24. The lowest BCUT2D eigenvalue weighted by Gasteiger charge is -2.14. The minimum absolute atomic E-state index is 0.673. The van der Waals surface area contributed by atoms with Crippen molar-refractivity contribution >= 4 is 0 Å². The first kappa shape index (κ1) is 20.0. The SMILES string of the molecule is CCCc1ccc(Cn2cccn2)cc1OCCc1ccc(-c2ccccc2)cc1. The van der Waals surface area contributed by atoms with Crippen LogP contribution in [-0.2, 0) is 19.4 Å². The van der Waals surface area contributed by atoms with Crippen molar-refractivity contribution < 1.29 is 4.74 Å². The standard InChI is InChI=1S/C27H28N2O/c1-2-7-26-15-12-23(21-29-18-6-17-28-29)20-27(26)30-19-16-22-10-13-25(14-11-22)24-8-4-3-5-9-24/h3-6,8-15,17-18,20H,2,7,16,19,21H2,1H3. The molecular weight excluding hydrogens is 368 g/mol. The topological polar surface area (TPSA) is 27.1 Å². The van der Waals surface area contributed by atoms with Crippen LogP contribution in [0, 0.1) is 0 Å². The zero-order chi connectivity index (χ0) is 20.6. The van der Waals surface area contributed by atoms with E-state index in [1.165, 1.54) is 27.8 Å². The van der Waals surface area contributed by atoms with Gasteiger partial charge in [-0.3, -0.25) is 4.68 Å². The van der Waals surface area contributed by atoms with Gasteiger partial charge in [-0.2, -0.15) is 5.10 Å². The first-order valence-electron chi connectivity index (χ1n) is 10.7. The van der Waals surface area contributed by atoms with Crippen molar-refractivity contribution in [2.75, 3.05) is 6.61 Å². The van der Waals surface area contributed by atoms with Gasteiger partial charge in [-0.1, -0.05) is 80.1 Å². The van der Waals surface area contributed by atoms with E-state index in [9.17, 15) is 0 Å². The molecule has 0 spiro atoms. The van der Waals surface area contributed by atoms with Crippen LogP contribution in [0.5, 0.6) is 5.75 Å². The van der Waals surface area contributed by atoms with E-state index in [2.05, 4.69) is 78.8 Å². The maximum Gasteiger partial charge on any atom is 0.122 e. The van der Waals surface area contributed by atoms with Gasteiger partial charge in [0.15, 0.2) is 0 Å². The lowest BCUT2D eigenvalue weighted by atomic mass is 10.0. The summed E-state index contributed by atoms with van der Waals surface area (Å²) in [6.07, 6.45) is 6.83. The molecule has 4 rings (SSSR count). The summed E-state index contributed by atoms with van der Waals surface area (Å²) >= 11 is 0. The number of ether oxygens (including phenoxy) is 1. The molecule has 0 atom stereocenters. The molecule has 0 unspecified atom stereocenters. The van der Waals surface area contributed by atoms with Gasteiger partial charge < -0.3 is 4.74 Å². The molecule has 152 valence electrons. The van der Waals surface area contributed by atoms with Gasteiger partial charge in [0.1, 0.15) is 5.75 Å². The van der Waals surface area contributed by atoms with Crippen LogP contribution in [0.15, 0.2) is 91.3 Å². The predicted molar refractivity (Wildman–Crippen MR) is 123 cm³/mol. The van der Waals surface area contributed by atoms with Crippen molar-refractivity contribution in [2.24, 2.45) is 0 Å². The van der Waals surface area contributed by atoms with Gasteiger partial charge >= 0.3 is 0 Å². The van der Waals surface area contributed by atoms with E-state index in [1.807, 2.05) is 29.2 Å². The maximum atomic E-state index is 6.24. The second kappa shape index (κ2) is 9.93. The van der Waals surface area contributed by atoms with Gasteiger partial charge in [0, 0.05) is 18.8 Å².